The number of pyridine rings is 1. The Morgan fingerprint density at radius 3 is 1.48 bits per heavy atom. The Hall–Kier alpha value is -7.36. The summed E-state index contributed by atoms with van der Waals surface area (Å²) in [5.41, 5.74) is 19.6. The van der Waals surface area contributed by atoms with E-state index >= 15 is 0 Å². The summed E-state index contributed by atoms with van der Waals surface area (Å²) in [6.45, 7) is 9.48. The molecule has 1 unspecified atom stereocenters. The minimum Gasteiger partial charge on any atom is -0.310 e. The summed E-state index contributed by atoms with van der Waals surface area (Å²) in [6, 6.07) is 73.6. The Balaban J connectivity index is 1.15. The second-order valence-electron chi connectivity index (χ2n) is 18.2. The molecule has 9 aromatic rings. The summed E-state index contributed by atoms with van der Waals surface area (Å²) in [5.74, 6) is 0. The van der Waals surface area contributed by atoms with Crippen molar-refractivity contribution in [3.63, 3.8) is 0 Å². The fourth-order valence-electron chi connectivity index (χ4n) is 10.8. The molecule has 1 aliphatic heterocycles. The molecule has 2 heterocycles. The lowest BCUT2D eigenvalue weighted by Crippen LogP contribution is -2.38. The molecule has 62 heavy (non-hydrogen) atoms. The number of hydrogen-bond donors (Lipinski definition) is 0. The van der Waals surface area contributed by atoms with E-state index in [1.807, 2.05) is 0 Å². The van der Waals surface area contributed by atoms with Crippen molar-refractivity contribution >= 4 is 33.4 Å². The summed E-state index contributed by atoms with van der Waals surface area (Å²) in [6.07, 6.45) is 0. The van der Waals surface area contributed by atoms with Gasteiger partial charge in [0.05, 0.1) is 11.0 Å². The molecule has 0 fully saturated rings. The minimum atomic E-state index is -0.187. The van der Waals surface area contributed by atoms with E-state index in [4.69, 9.17) is 5.11 Å². The maximum atomic E-state index is 5.61. The second kappa shape index (κ2) is 13.6. The van der Waals surface area contributed by atoms with Crippen LogP contribution in [-0.4, -0.2) is 0 Å². The molecule has 0 saturated heterocycles. The van der Waals surface area contributed by atoms with Crippen molar-refractivity contribution in [2.45, 2.75) is 44.6 Å². The van der Waals surface area contributed by atoms with Crippen LogP contribution in [0.15, 0.2) is 205 Å². The molecule has 296 valence electrons. The number of fused-ring (bicyclic) bond motifs is 9. The first kappa shape index (κ1) is 36.5. The average molecular weight is 797 g/mol. The topological polar surface area (TPSA) is 21.5 Å². The molecule has 12 rings (SSSR count). The van der Waals surface area contributed by atoms with Crippen molar-refractivity contribution in [2.75, 3.05) is 4.90 Å². The first-order chi connectivity index (χ1) is 30.3. The molecule has 3 heteroatoms. The van der Waals surface area contributed by atoms with Gasteiger partial charge < -0.3 is 4.90 Å². The minimum absolute atomic E-state index is 0.142. The van der Waals surface area contributed by atoms with E-state index in [1.54, 1.807) is 0 Å². The van der Waals surface area contributed by atoms with Crippen LogP contribution in [0.1, 0.15) is 67.1 Å². The monoisotopic (exact) mass is 796 g/mol. The van der Waals surface area contributed by atoms with Crippen molar-refractivity contribution in [3.05, 3.63) is 239 Å². The lowest BCUT2D eigenvalue weighted by molar-refractivity contribution is -0.546. The van der Waals surface area contributed by atoms with Gasteiger partial charge in [-0.3, -0.25) is 0 Å². The van der Waals surface area contributed by atoms with Crippen molar-refractivity contribution in [1.82, 2.24) is 0 Å². The Labute approximate surface area is 363 Å². The van der Waals surface area contributed by atoms with E-state index in [2.05, 4.69) is 237 Å². The SMILES string of the molecule is CC1(C)c2ccccc2-c2ccc(N(c3ccc4c(c3)C(C)(C)c3ccccc3-4)c3ccc4cc(-c5ccccc5)[n+]5c(c4c3)=C(c3ccccc3)C(c3ccccc3)N=5)cc21. The molecule has 0 amide bonds. The van der Waals surface area contributed by atoms with E-state index in [9.17, 15) is 0 Å². The Kier molecular flexibility index (Phi) is 7.99. The van der Waals surface area contributed by atoms with Gasteiger partial charge in [0.15, 0.2) is 6.04 Å². The normalized spacial score (nSPS) is 15.9. The van der Waals surface area contributed by atoms with Gasteiger partial charge in [0.2, 0.25) is 5.69 Å². The predicted molar refractivity (Wildman–Crippen MR) is 255 cm³/mol. The zero-order valence-corrected chi connectivity index (χ0v) is 35.5. The van der Waals surface area contributed by atoms with Gasteiger partial charge in [-0.1, -0.05) is 173 Å². The summed E-state index contributed by atoms with van der Waals surface area (Å²) in [5, 5.41) is 9.07. The van der Waals surface area contributed by atoms with Gasteiger partial charge in [0.1, 0.15) is 0 Å². The van der Waals surface area contributed by atoms with Crippen LogP contribution in [-0.2, 0) is 10.8 Å². The highest BCUT2D eigenvalue weighted by atomic mass is 15.2. The van der Waals surface area contributed by atoms with Gasteiger partial charge in [-0.15, -0.1) is 0 Å². The fraction of sp³-hybridized carbons (Fsp3) is 0.119. The number of aromatic nitrogens is 1. The van der Waals surface area contributed by atoms with Crippen LogP contribution in [0, 0.1) is 0 Å². The quantitative estimate of drug-likeness (QED) is 0.154. The highest BCUT2D eigenvalue weighted by Crippen LogP contribution is 2.53. The van der Waals surface area contributed by atoms with Gasteiger partial charge in [-0.05, 0) is 119 Å². The second-order valence-corrected chi connectivity index (χ2v) is 18.2. The molecule has 0 radical (unpaired) electrons. The summed E-state index contributed by atoms with van der Waals surface area (Å²) < 4.78 is 2.23. The molecule has 3 nitrogen and oxygen atoms in total. The third-order valence-electron chi connectivity index (χ3n) is 14.0. The molecule has 0 spiro atoms. The average Bonchev–Trinajstić information content (AvgIpc) is 3.91. The first-order valence-corrected chi connectivity index (χ1v) is 21.8. The summed E-state index contributed by atoms with van der Waals surface area (Å²) in [7, 11) is 0. The van der Waals surface area contributed by atoms with Gasteiger partial charge in [-0.25, -0.2) is 0 Å². The predicted octanol–water partition coefficient (Wildman–Crippen LogP) is 13.9. The molecular formula is C59H46N3+. The molecule has 0 N–H and O–H groups in total. The highest BCUT2D eigenvalue weighted by molar-refractivity contribution is 5.94. The van der Waals surface area contributed by atoms with Crippen LogP contribution >= 0.6 is 0 Å². The fourth-order valence-corrected chi connectivity index (χ4v) is 10.8. The summed E-state index contributed by atoms with van der Waals surface area (Å²) >= 11 is 0. The largest absolute Gasteiger partial charge is 0.310 e. The van der Waals surface area contributed by atoms with Crippen LogP contribution < -0.4 is 14.6 Å². The van der Waals surface area contributed by atoms with Crippen LogP contribution in [0.5, 0.6) is 0 Å². The van der Waals surface area contributed by atoms with E-state index < -0.39 is 0 Å². The first-order valence-electron chi connectivity index (χ1n) is 21.8. The Morgan fingerprint density at radius 2 is 0.903 bits per heavy atom. The third-order valence-corrected chi connectivity index (χ3v) is 14.0. The van der Waals surface area contributed by atoms with E-state index in [-0.39, 0.29) is 16.9 Å². The van der Waals surface area contributed by atoms with Gasteiger partial charge in [0.25, 0.3) is 5.35 Å². The molecule has 0 saturated carbocycles. The van der Waals surface area contributed by atoms with E-state index in [0.717, 1.165) is 39.1 Å². The van der Waals surface area contributed by atoms with Crippen LogP contribution in [0.4, 0.5) is 17.1 Å². The number of nitrogens with zero attached hydrogens (tertiary/aromatic N) is 3. The molecular weight excluding hydrogens is 751 g/mol. The molecule has 2 aliphatic carbocycles. The third kappa shape index (κ3) is 5.37. The van der Waals surface area contributed by atoms with E-state index in [1.165, 1.54) is 66.6 Å². The van der Waals surface area contributed by atoms with Crippen molar-refractivity contribution in [1.29, 1.82) is 0 Å². The maximum absolute atomic E-state index is 5.61. The zero-order chi connectivity index (χ0) is 41.7. The number of benzene rings is 8. The lowest BCUT2D eigenvalue weighted by atomic mass is 9.82. The van der Waals surface area contributed by atoms with E-state index in [0.29, 0.717) is 0 Å². The lowest BCUT2D eigenvalue weighted by Gasteiger charge is -2.30. The number of hydrogen-bond acceptors (Lipinski definition) is 2. The molecule has 3 aliphatic rings. The van der Waals surface area contributed by atoms with Crippen LogP contribution in [0.3, 0.4) is 0 Å². The van der Waals surface area contributed by atoms with Gasteiger partial charge in [0, 0.05) is 39.5 Å². The number of anilines is 3. The molecule has 0 bridgehead atoms. The molecule has 8 aromatic carbocycles. The van der Waals surface area contributed by atoms with Gasteiger partial charge >= 0.3 is 0 Å². The standard InChI is InChI=1S/C59H46N3/c1-58(2)50-26-16-14-24-45(50)47-32-30-43(36-52(47)58)61(44-31-33-48-46-25-15-17-27-51(46)59(3,4)53(48)37-44)42-29-28-41-34-54(38-18-8-5-9-19-38)62-57(49(41)35-42)55(39-20-10-6-11-21-39)56(60-62)40-22-12-7-13-23-40/h5-37,56H,1-4H3/q+1. The van der Waals surface area contributed by atoms with Crippen molar-refractivity contribution in [2.24, 2.45) is 5.11 Å². The smallest absolute Gasteiger partial charge is 0.252 e. The highest BCUT2D eigenvalue weighted by Gasteiger charge is 2.39. The molecule has 1 atom stereocenters. The van der Waals surface area contributed by atoms with Crippen LogP contribution in [0.2, 0.25) is 0 Å². The number of rotatable bonds is 6. The summed E-state index contributed by atoms with van der Waals surface area (Å²) in [4.78, 5) is 2.49. The Bertz CT molecular complexity index is 3300. The maximum Gasteiger partial charge on any atom is 0.252 e. The zero-order valence-electron chi connectivity index (χ0n) is 35.5. The van der Waals surface area contributed by atoms with Gasteiger partial charge in [-0.2, -0.15) is 0 Å². The Morgan fingerprint density at radius 1 is 0.435 bits per heavy atom. The van der Waals surface area contributed by atoms with Crippen LogP contribution in [0.25, 0.3) is 49.9 Å². The van der Waals surface area contributed by atoms with Crippen molar-refractivity contribution < 1.29 is 4.36 Å². The molecule has 1 aromatic heterocycles. The van der Waals surface area contributed by atoms with Crippen molar-refractivity contribution in [3.8, 4) is 33.5 Å².